The monoisotopic (exact) mass is 504 g/mol. The molecule has 194 valence electrons. The summed E-state index contributed by atoms with van der Waals surface area (Å²) in [6.45, 7) is 5.16. The average Bonchev–Trinajstić information content (AvgIpc) is 3.27. The first-order valence-electron chi connectivity index (χ1n) is 12.2. The summed E-state index contributed by atoms with van der Waals surface area (Å²) in [5, 5.41) is 15.5. The van der Waals surface area contributed by atoms with Gasteiger partial charge < -0.3 is 14.6 Å². The lowest BCUT2D eigenvalue weighted by molar-refractivity contribution is -0.159. The van der Waals surface area contributed by atoms with E-state index < -0.39 is 35.2 Å². The number of esters is 1. The van der Waals surface area contributed by atoms with Gasteiger partial charge in [-0.1, -0.05) is 72.8 Å². The highest BCUT2D eigenvalue weighted by molar-refractivity contribution is 5.89. The van der Waals surface area contributed by atoms with Crippen LogP contribution in [0.1, 0.15) is 38.3 Å². The maximum absolute atomic E-state index is 13.1. The molecule has 1 saturated heterocycles. The number of benzene rings is 3. The molecule has 4 rings (SSSR count). The zero-order valence-electron chi connectivity index (χ0n) is 21.3. The number of carboxylic acid groups (broad SMARTS) is 1. The number of carbonyl (C=O) groups excluding carboxylic acids is 2. The van der Waals surface area contributed by atoms with Crippen molar-refractivity contribution in [1.29, 1.82) is 0 Å². The number of carbonyl (C=O) groups is 3. The quantitative estimate of drug-likeness (QED) is 0.456. The van der Waals surface area contributed by atoms with Crippen molar-refractivity contribution in [3.05, 3.63) is 83.9 Å². The van der Waals surface area contributed by atoms with Gasteiger partial charge in [-0.15, -0.1) is 0 Å². The van der Waals surface area contributed by atoms with Gasteiger partial charge in [0, 0.05) is 13.0 Å². The third-order valence-corrected chi connectivity index (χ3v) is 6.38. The van der Waals surface area contributed by atoms with Crippen LogP contribution in [0.4, 0.5) is 4.79 Å². The summed E-state index contributed by atoms with van der Waals surface area (Å²) >= 11 is 0. The van der Waals surface area contributed by atoms with Crippen LogP contribution in [-0.2, 0) is 32.2 Å². The number of nitrogens with zero attached hydrogens (tertiary/aromatic N) is 1. The van der Waals surface area contributed by atoms with Gasteiger partial charge in [-0.3, -0.25) is 15.0 Å². The predicted octanol–water partition coefficient (Wildman–Crippen LogP) is 4.51. The molecule has 3 aromatic rings. The van der Waals surface area contributed by atoms with E-state index in [1.807, 2.05) is 72.8 Å². The van der Waals surface area contributed by atoms with Crippen molar-refractivity contribution >= 4 is 28.8 Å². The third-order valence-electron chi connectivity index (χ3n) is 6.38. The molecule has 2 N–H and O–H groups in total. The molecule has 8 heteroatoms. The van der Waals surface area contributed by atoms with Gasteiger partial charge in [-0.05, 0) is 42.7 Å². The van der Waals surface area contributed by atoms with Crippen LogP contribution in [0.5, 0.6) is 0 Å². The Morgan fingerprint density at radius 2 is 1.68 bits per heavy atom. The number of hydrogen-bond donors (Lipinski definition) is 2. The van der Waals surface area contributed by atoms with Gasteiger partial charge in [0.05, 0.1) is 6.54 Å². The van der Waals surface area contributed by atoms with E-state index in [0.717, 1.165) is 21.9 Å². The van der Waals surface area contributed by atoms with Gasteiger partial charge in [-0.25, -0.2) is 9.59 Å². The Morgan fingerprint density at radius 3 is 2.38 bits per heavy atom. The first kappa shape index (κ1) is 26.2. The molecule has 1 heterocycles. The van der Waals surface area contributed by atoms with Crippen LogP contribution >= 0.6 is 0 Å². The summed E-state index contributed by atoms with van der Waals surface area (Å²) in [5.74, 6) is -1.82. The third kappa shape index (κ3) is 6.09. The minimum atomic E-state index is -1.57. The van der Waals surface area contributed by atoms with Crippen LogP contribution in [0.15, 0.2) is 72.8 Å². The zero-order chi connectivity index (χ0) is 26.6. The number of hydrogen-bond acceptors (Lipinski definition) is 6. The summed E-state index contributed by atoms with van der Waals surface area (Å²) in [6.07, 6.45) is -0.919. The fourth-order valence-electron chi connectivity index (χ4n) is 4.55. The Hall–Kier alpha value is -3.91. The molecule has 8 nitrogen and oxygen atoms in total. The summed E-state index contributed by atoms with van der Waals surface area (Å²) in [6, 6.07) is 21.7. The number of carboxylic acids is 1. The molecule has 0 radical (unpaired) electrons. The molecule has 1 aliphatic heterocycles. The molecule has 0 spiro atoms. The Morgan fingerprint density at radius 1 is 1.00 bits per heavy atom. The van der Waals surface area contributed by atoms with Crippen molar-refractivity contribution < 1.29 is 29.0 Å². The van der Waals surface area contributed by atoms with E-state index in [0.29, 0.717) is 0 Å². The van der Waals surface area contributed by atoms with Crippen molar-refractivity contribution in [3.8, 4) is 0 Å². The van der Waals surface area contributed by atoms with Gasteiger partial charge >= 0.3 is 18.0 Å². The number of likely N-dealkylation sites (tertiary alicyclic amines) is 1. The molecular weight excluding hydrogens is 472 g/mol. The predicted molar refractivity (Wildman–Crippen MR) is 139 cm³/mol. The highest BCUT2D eigenvalue weighted by Crippen LogP contribution is 2.31. The lowest BCUT2D eigenvalue weighted by Crippen LogP contribution is -2.54. The number of aliphatic carboxylic acids is 1. The molecule has 1 fully saturated rings. The SMILES string of the molecule is CC(C)(C)OC(=O)[C@@H]1C[C@](NCc2cccc3ccccc23)(C(=O)O)CN1C(=O)OCc1ccccc1. The maximum atomic E-state index is 13.1. The van der Waals surface area contributed by atoms with E-state index in [-0.39, 0.29) is 26.1 Å². The topological polar surface area (TPSA) is 105 Å². The second-order valence-corrected chi connectivity index (χ2v) is 10.3. The Labute approximate surface area is 216 Å². The summed E-state index contributed by atoms with van der Waals surface area (Å²) in [5.41, 5.74) is -0.675. The molecule has 0 bridgehead atoms. The number of ether oxygens (including phenoxy) is 2. The highest BCUT2D eigenvalue weighted by atomic mass is 16.6. The molecule has 3 aromatic carbocycles. The summed E-state index contributed by atoms with van der Waals surface area (Å²) in [7, 11) is 0. The first-order valence-corrected chi connectivity index (χ1v) is 12.2. The lowest BCUT2D eigenvalue weighted by Gasteiger charge is -2.27. The largest absolute Gasteiger partial charge is 0.480 e. The standard InChI is InChI=1S/C29H32N2O6/c1-28(2,3)37-25(32)24-16-29(26(33)34,19-31(24)27(35)36-18-20-10-5-4-6-11-20)30-17-22-14-9-13-21-12-7-8-15-23(21)22/h4-15,24,30H,16-19H2,1-3H3,(H,33,34)/t24-,29+/m0/s1. The molecule has 0 saturated carbocycles. The van der Waals surface area contributed by atoms with Crippen molar-refractivity contribution in [3.63, 3.8) is 0 Å². The molecular formula is C29H32N2O6. The van der Waals surface area contributed by atoms with Crippen molar-refractivity contribution in [2.24, 2.45) is 0 Å². The molecule has 2 atom stereocenters. The Kier molecular flexibility index (Phi) is 7.50. The minimum Gasteiger partial charge on any atom is -0.480 e. The molecule has 0 unspecified atom stereocenters. The van der Waals surface area contributed by atoms with Gasteiger partial charge in [0.1, 0.15) is 23.8 Å². The van der Waals surface area contributed by atoms with Gasteiger partial charge in [0.25, 0.3) is 0 Å². The zero-order valence-corrected chi connectivity index (χ0v) is 21.3. The normalized spacial score (nSPS) is 19.5. The van der Waals surface area contributed by atoms with E-state index in [1.165, 1.54) is 4.90 Å². The molecule has 0 aromatic heterocycles. The highest BCUT2D eigenvalue weighted by Gasteiger charge is 2.55. The smallest absolute Gasteiger partial charge is 0.410 e. The Balaban J connectivity index is 1.58. The van der Waals surface area contributed by atoms with Gasteiger partial charge in [-0.2, -0.15) is 0 Å². The van der Waals surface area contributed by atoms with Crippen LogP contribution in [0, 0.1) is 0 Å². The van der Waals surface area contributed by atoms with Crippen molar-refractivity contribution in [2.75, 3.05) is 6.54 Å². The number of nitrogens with one attached hydrogen (secondary N) is 1. The first-order chi connectivity index (χ1) is 17.6. The van der Waals surface area contributed by atoms with Crippen LogP contribution < -0.4 is 5.32 Å². The second-order valence-electron chi connectivity index (χ2n) is 10.3. The fraction of sp³-hybridized carbons (Fsp3) is 0.345. The van der Waals surface area contributed by atoms with Gasteiger partial charge in [0.2, 0.25) is 0 Å². The molecule has 1 amide bonds. The van der Waals surface area contributed by atoms with E-state index in [2.05, 4.69) is 5.32 Å². The number of fused-ring (bicyclic) bond motifs is 1. The molecule has 1 aliphatic rings. The van der Waals surface area contributed by atoms with E-state index >= 15 is 0 Å². The van der Waals surface area contributed by atoms with Crippen LogP contribution in [0.2, 0.25) is 0 Å². The minimum absolute atomic E-state index is 0.000711. The average molecular weight is 505 g/mol. The number of amides is 1. The van der Waals surface area contributed by atoms with Crippen molar-refractivity contribution in [1.82, 2.24) is 10.2 Å². The van der Waals surface area contributed by atoms with E-state index in [4.69, 9.17) is 9.47 Å². The van der Waals surface area contributed by atoms with E-state index in [1.54, 1.807) is 20.8 Å². The maximum Gasteiger partial charge on any atom is 0.410 e. The summed E-state index contributed by atoms with van der Waals surface area (Å²) < 4.78 is 11.0. The van der Waals surface area contributed by atoms with Gasteiger partial charge in [0.15, 0.2) is 0 Å². The van der Waals surface area contributed by atoms with Crippen LogP contribution in [0.3, 0.4) is 0 Å². The Bertz CT molecular complexity index is 1280. The lowest BCUT2D eigenvalue weighted by atomic mass is 9.94. The summed E-state index contributed by atoms with van der Waals surface area (Å²) in [4.78, 5) is 40.0. The van der Waals surface area contributed by atoms with Crippen molar-refractivity contribution in [2.45, 2.75) is 57.5 Å². The van der Waals surface area contributed by atoms with Crippen LogP contribution in [0.25, 0.3) is 10.8 Å². The molecule has 37 heavy (non-hydrogen) atoms. The molecule has 0 aliphatic carbocycles. The van der Waals surface area contributed by atoms with E-state index in [9.17, 15) is 19.5 Å². The number of rotatable bonds is 7. The fourth-order valence-corrected chi connectivity index (χ4v) is 4.55. The van der Waals surface area contributed by atoms with Crippen LogP contribution in [-0.4, -0.2) is 51.8 Å². The second kappa shape index (κ2) is 10.6.